The molecule has 0 spiro atoms. The highest BCUT2D eigenvalue weighted by Crippen LogP contribution is 2.39. The molecule has 5 nitrogen and oxygen atoms in total. The summed E-state index contributed by atoms with van der Waals surface area (Å²) in [5.74, 6) is -0.00146. The second-order valence-corrected chi connectivity index (χ2v) is 6.12. The Bertz CT molecular complexity index is 412. The summed E-state index contributed by atoms with van der Waals surface area (Å²) in [5.41, 5.74) is 6.13. The van der Waals surface area contributed by atoms with Crippen molar-refractivity contribution in [3.8, 4) is 0 Å². The third kappa shape index (κ3) is 3.19. The molecule has 0 bridgehead atoms. The maximum Gasteiger partial charge on any atom is 0.241 e. The topological polar surface area (TPSA) is 72.9 Å². The summed E-state index contributed by atoms with van der Waals surface area (Å²) >= 11 is 1.88. The fourth-order valence-electron chi connectivity index (χ4n) is 2.40. The Morgan fingerprint density at radius 1 is 1.61 bits per heavy atom. The number of hydrogen-bond acceptors (Lipinski definition) is 4. The minimum Gasteiger partial charge on any atom is -0.396 e. The van der Waals surface area contributed by atoms with Crippen LogP contribution >= 0.6 is 11.8 Å². The predicted octanol–water partition coefficient (Wildman–Crippen LogP) is 1.26. The number of hydrogen-bond donors (Lipinski definition) is 2. The summed E-state index contributed by atoms with van der Waals surface area (Å²) in [6.45, 7) is 0.991. The first-order chi connectivity index (χ1) is 8.63. The Morgan fingerprint density at radius 2 is 2.33 bits per heavy atom. The molecule has 1 aromatic heterocycles. The largest absolute Gasteiger partial charge is 0.396 e. The van der Waals surface area contributed by atoms with Gasteiger partial charge in [0.05, 0.1) is 11.9 Å². The molecule has 0 radical (unpaired) electrons. The van der Waals surface area contributed by atoms with E-state index in [0.29, 0.717) is 5.69 Å². The van der Waals surface area contributed by atoms with E-state index >= 15 is 0 Å². The first-order valence-corrected chi connectivity index (χ1v) is 7.46. The molecule has 0 atom stereocenters. The summed E-state index contributed by atoms with van der Waals surface area (Å²) in [5, 5.41) is 7.01. The Kier molecular flexibility index (Phi) is 4.16. The molecule has 1 heterocycles. The zero-order valence-corrected chi connectivity index (χ0v) is 11.5. The molecule has 0 aliphatic heterocycles. The molecule has 1 aromatic rings. The molecule has 0 saturated heterocycles. The van der Waals surface area contributed by atoms with E-state index in [4.69, 9.17) is 5.73 Å². The zero-order chi connectivity index (χ0) is 13.0. The lowest BCUT2D eigenvalue weighted by Gasteiger charge is -2.26. The van der Waals surface area contributed by atoms with Gasteiger partial charge in [-0.25, -0.2) is 0 Å². The van der Waals surface area contributed by atoms with Crippen molar-refractivity contribution in [1.82, 2.24) is 15.1 Å². The van der Waals surface area contributed by atoms with Crippen molar-refractivity contribution >= 4 is 23.4 Å². The molecular weight excluding hydrogens is 248 g/mol. The molecule has 6 heteroatoms. The summed E-state index contributed by atoms with van der Waals surface area (Å²) in [6, 6.07) is 0. The second-order valence-electron chi connectivity index (χ2n) is 4.84. The van der Waals surface area contributed by atoms with Gasteiger partial charge in [0, 0.05) is 17.5 Å². The molecule has 0 aromatic carbocycles. The molecular formula is C12H20N4OS. The van der Waals surface area contributed by atoms with Gasteiger partial charge in [-0.2, -0.15) is 16.9 Å². The van der Waals surface area contributed by atoms with Crippen LogP contribution in [0.2, 0.25) is 0 Å². The normalized spacial score (nSPS) is 17.8. The van der Waals surface area contributed by atoms with E-state index in [1.165, 1.54) is 25.7 Å². The van der Waals surface area contributed by atoms with E-state index in [9.17, 15) is 4.79 Å². The predicted molar refractivity (Wildman–Crippen MR) is 74.4 cm³/mol. The van der Waals surface area contributed by atoms with Crippen LogP contribution in [0.15, 0.2) is 12.4 Å². The second kappa shape index (κ2) is 5.65. The molecule has 1 amide bonds. The SMILES string of the molecule is CSC1(CNC(=O)Cn2cc(N)cn2)CCCC1. The van der Waals surface area contributed by atoms with Crippen LogP contribution in [0.3, 0.4) is 0 Å². The van der Waals surface area contributed by atoms with Crippen molar-refractivity contribution in [2.24, 2.45) is 0 Å². The number of carbonyl (C=O) groups is 1. The van der Waals surface area contributed by atoms with Gasteiger partial charge < -0.3 is 11.1 Å². The molecule has 1 aliphatic carbocycles. The third-order valence-electron chi connectivity index (χ3n) is 3.51. The molecule has 100 valence electrons. The first kappa shape index (κ1) is 13.3. The lowest BCUT2D eigenvalue weighted by molar-refractivity contribution is -0.121. The van der Waals surface area contributed by atoms with Gasteiger partial charge in [0.15, 0.2) is 0 Å². The van der Waals surface area contributed by atoms with Crippen LogP contribution < -0.4 is 11.1 Å². The van der Waals surface area contributed by atoms with Gasteiger partial charge in [-0.05, 0) is 19.1 Å². The van der Waals surface area contributed by atoms with Crippen LogP contribution in [0.25, 0.3) is 0 Å². The number of anilines is 1. The summed E-state index contributed by atoms with van der Waals surface area (Å²) in [4.78, 5) is 11.8. The van der Waals surface area contributed by atoms with E-state index in [1.54, 1.807) is 17.1 Å². The Morgan fingerprint density at radius 3 is 2.89 bits per heavy atom. The van der Waals surface area contributed by atoms with Crippen molar-refractivity contribution in [2.75, 3.05) is 18.5 Å². The smallest absolute Gasteiger partial charge is 0.241 e. The number of nitrogens with zero attached hydrogens (tertiary/aromatic N) is 2. The van der Waals surface area contributed by atoms with Crippen molar-refractivity contribution in [1.29, 1.82) is 0 Å². The van der Waals surface area contributed by atoms with Gasteiger partial charge in [0.2, 0.25) is 5.91 Å². The Labute approximate surface area is 111 Å². The average Bonchev–Trinajstić information content (AvgIpc) is 2.97. The number of nitrogen functional groups attached to an aromatic ring is 1. The quantitative estimate of drug-likeness (QED) is 0.843. The van der Waals surface area contributed by atoms with Gasteiger partial charge in [-0.3, -0.25) is 9.48 Å². The number of nitrogens with two attached hydrogens (primary N) is 1. The van der Waals surface area contributed by atoms with Gasteiger partial charge in [0.1, 0.15) is 6.54 Å². The summed E-state index contributed by atoms with van der Waals surface area (Å²) in [7, 11) is 0. The molecule has 1 saturated carbocycles. The van der Waals surface area contributed by atoms with E-state index in [2.05, 4.69) is 16.7 Å². The Hall–Kier alpha value is -1.17. The number of carbonyl (C=O) groups excluding carboxylic acids is 1. The van der Waals surface area contributed by atoms with Crippen LogP contribution in [-0.4, -0.2) is 33.2 Å². The maximum absolute atomic E-state index is 11.8. The van der Waals surface area contributed by atoms with Crippen LogP contribution in [-0.2, 0) is 11.3 Å². The van der Waals surface area contributed by atoms with Crippen LogP contribution in [0.1, 0.15) is 25.7 Å². The molecule has 18 heavy (non-hydrogen) atoms. The number of rotatable bonds is 5. The summed E-state index contributed by atoms with van der Waals surface area (Å²) < 4.78 is 1.81. The van der Waals surface area contributed by atoms with Crippen molar-refractivity contribution in [3.63, 3.8) is 0 Å². The maximum atomic E-state index is 11.8. The fourth-order valence-corrected chi connectivity index (χ4v) is 3.31. The minimum absolute atomic E-state index is 0.00146. The number of amides is 1. The third-order valence-corrected chi connectivity index (χ3v) is 4.93. The number of aromatic nitrogens is 2. The van der Waals surface area contributed by atoms with E-state index < -0.39 is 0 Å². The summed E-state index contributed by atoms with van der Waals surface area (Å²) in [6.07, 6.45) is 10.3. The van der Waals surface area contributed by atoms with E-state index in [0.717, 1.165) is 6.54 Å². The zero-order valence-electron chi connectivity index (χ0n) is 10.7. The van der Waals surface area contributed by atoms with Gasteiger partial charge in [-0.1, -0.05) is 12.8 Å². The highest BCUT2D eigenvalue weighted by Gasteiger charge is 2.33. The highest BCUT2D eigenvalue weighted by molar-refractivity contribution is 8.00. The van der Waals surface area contributed by atoms with Crippen molar-refractivity contribution < 1.29 is 4.79 Å². The van der Waals surface area contributed by atoms with Crippen LogP contribution in [0.4, 0.5) is 5.69 Å². The standard InChI is InChI=1S/C12H20N4OS/c1-18-12(4-2-3-5-12)9-14-11(17)8-16-7-10(13)6-15-16/h6-7H,2-5,8-9,13H2,1H3,(H,14,17). The average molecular weight is 268 g/mol. The number of nitrogens with one attached hydrogen (secondary N) is 1. The molecule has 0 unspecified atom stereocenters. The van der Waals surface area contributed by atoms with Crippen molar-refractivity contribution in [2.45, 2.75) is 37.0 Å². The van der Waals surface area contributed by atoms with E-state index in [1.807, 2.05) is 11.8 Å². The van der Waals surface area contributed by atoms with Crippen LogP contribution in [0.5, 0.6) is 0 Å². The van der Waals surface area contributed by atoms with Gasteiger partial charge in [0.25, 0.3) is 0 Å². The minimum atomic E-state index is -0.00146. The Balaban J connectivity index is 1.81. The molecule has 1 aliphatic rings. The number of thioether (sulfide) groups is 1. The van der Waals surface area contributed by atoms with Crippen LogP contribution in [0, 0.1) is 0 Å². The molecule has 1 fully saturated rings. The lowest BCUT2D eigenvalue weighted by Crippen LogP contribution is -2.39. The highest BCUT2D eigenvalue weighted by atomic mass is 32.2. The monoisotopic (exact) mass is 268 g/mol. The fraction of sp³-hybridized carbons (Fsp3) is 0.667. The van der Waals surface area contributed by atoms with Gasteiger partial charge >= 0.3 is 0 Å². The molecule has 2 rings (SSSR count). The van der Waals surface area contributed by atoms with Gasteiger partial charge in [-0.15, -0.1) is 0 Å². The van der Waals surface area contributed by atoms with Crippen molar-refractivity contribution in [3.05, 3.63) is 12.4 Å². The first-order valence-electron chi connectivity index (χ1n) is 6.23. The lowest BCUT2D eigenvalue weighted by atomic mass is 10.1. The molecule has 3 N–H and O–H groups in total. The van der Waals surface area contributed by atoms with E-state index in [-0.39, 0.29) is 17.2 Å².